The van der Waals surface area contributed by atoms with E-state index >= 15 is 0 Å². The molecule has 3 aliphatic heterocycles. The molecule has 144 valence electrons. The number of piperidine rings is 1. The van der Waals surface area contributed by atoms with Gasteiger partial charge in [-0.05, 0) is 58.1 Å². The van der Waals surface area contributed by atoms with E-state index in [9.17, 15) is 4.79 Å². The van der Waals surface area contributed by atoms with Gasteiger partial charge in [-0.15, -0.1) is 0 Å². The highest BCUT2D eigenvalue weighted by atomic mass is 16.5. The Hall–Kier alpha value is -2.14. The number of nitrogens with zero attached hydrogens (tertiary/aromatic N) is 3. The molecule has 0 spiro atoms. The maximum absolute atomic E-state index is 13.3. The molecular weight excluding hydrogens is 338 g/mol. The van der Waals surface area contributed by atoms with Crippen molar-refractivity contribution < 1.29 is 9.32 Å². The first kappa shape index (κ1) is 18.2. The van der Waals surface area contributed by atoms with Crippen molar-refractivity contribution in [2.75, 3.05) is 19.6 Å². The minimum Gasteiger partial charge on any atom is -0.361 e. The molecule has 0 radical (unpaired) electrons. The second-order valence-corrected chi connectivity index (χ2v) is 8.37. The number of aryl methyl sites for hydroxylation is 4. The number of carbonyl (C=O) groups is 1. The SMILES string of the molecule is Cc1ccc(C)c(C(=O)N2C[C@H]3CC[C@@H]2CN(Cc2c(C)noc2C)C3)c1. The molecule has 1 aromatic heterocycles. The number of carbonyl (C=O) groups excluding carboxylic acids is 1. The Bertz CT molecular complexity index is 838. The number of amides is 1. The van der Waals surface area contributed by atoms with Crippen molar-refractivity contribution in [2.24, 2.45) is 5.92 Å². The summed E-state index contributed by atoms with van der Waals surface area (Å²) in [7, 11) is 0. The van der Waals surface area contributed by atoms with Crippen LogP contribution in [0.25, 0.3) is 0 Å². The van der Waals surface area contributed by atoms with Crippen LogP contribution in [0.2, 0.25) is 0 Å². The highest BCUT2D eigenvalue weighted by molar-refractivity contribution is 5.96. The first-order chi connectivity index (χ1) is 12.9. The van der Waals surface area contributed by atoms with Crippen molar-refractivity contribution in [3.05, 3.63) is 51.9 Å². The van der Waals surface area contributed by atoms with Crippen molar-refractivity contribution in [2.45, 2.75) is 53.1 Å². The van der Waals surface area contributed by atoms with E-state index in [0.717, 1.165) is 60.7 Å². The van der Waals surface area contributed by atoms with Gasteiger partial charge in [-0.1, -0.05) is 22.9 Å². The first-order valence-electron chi connectivity index (χ1n) is 9.94. The molecule has 2 aromatic rings. The highest BCUT2D eigenvalue weighted by Gasteiger charge is 2.38. The second-order valence-electron chi connectivity index (χ2n) is 8.37. The standard InChI is InChI=1S/C22H29N3O2/c1-14-5-6-15(2)20(9-14)22(26)25-11-18-7-8-19(25)12-24(10-18)13-21-16(3)23-27-17(21)4/h5-6,9,18-19H,7-8,10-13H2,1-4H3/t18-,19+/m0/s1. The lowest BCUT2D eigenvalue weighted by Crippen LogP contribution is -2.47. The van der Waals surface area contributed by atoms with E-state index in [1.54, 1.807) is 0 Å². The molecule has 27 heavy (non-hydrogen) atoms. The zero-order chi connectivity index (χ0) is 19.1. The van der Waals surface area contributed by atoms with Crippen LogP contribution in [0.15, 0.2) is 22.7 Å². The van der Waals surface area contributed by atoms with E-state index in [2.05, 4.69) is 34.0 Å². The van der Waals surface area contributed by atoms with Crippen LogP contribution in [-0.4, -0.2) is 46.5 Å². The van der Waals surface area contributed by atoms with Crippen LogP contribution >= 0.6 is 0 Å². The summed E-state index contributed by atoms with van der Waals surface area (Å²) in [5, 5.41) is 4.09. The molecule has 1 aromatic carbocycles. The maximum atomic E-state index is 13.3. The zero-order valence-corrected chi connectivity index (χ0v) is 16.8. The Labute approximate surface area is 161 Å². The van der Waals surface area contributed by atoms with Gasteiger partial charge >= 0.3 is 0 Å². The van der Waals surface area contributed by atoms with Gasteiger partial charge in [0.25, 0.3) is 5.91 Å². The lowest BCUT2D eigenvalue weighted by atomic mass is 9.93. The monoisotopic (exact) mass is 367 g/mol. The predicted octanol–water partition coefficient (Wildman–Crippen LogP) is 3.64. The van der Waals surface area contributed by atoms with Crippen LogP contribution in [0.4, 0.5) is 0 Å². The molecule has 0 saturated carbocycles. The molecule has 4 heterocycles. The molecule has 5 nitrogen and oxygen atoms in total. The van der Waals surface area contributed by atoms with Gasteiger partial charge in [0, 0.05) is 43.3 Å². The van der Waals surface area contributed by atoms with Crippen molar-refractivity contribution in [3.63, 3.8) is 0 Å². The highest BCUT2D eigenvalue weighted by Crippen LogP contribution is 2.31. The lowest BCUT2D eigenvalue weighted by Gasteiger charge is -2.36. The smallest absolute Gasteiger partial charge is 0.254 e. The third kappa shape index (κ3) is 3.53. The Morgan fingerprint density at radius 3 is 2.70 bits per heavy atom. The van der Waals surface area contributed by atoms with Crippen LogP contribution in [-0.2, 0) is 6.54 Å². The molecule has 3 saturated heterocycles. The fourth-order valence-electron chi connectivity index (χ4n) is 4.63. The van der Waals surface area contributed by atoms with Crippen molar-refractivity contribution in [1.82, 2.24) is 15.0 Å². The molecule has 2 bridgehead atoms. The number of rotatable bonds is 3. The fraction of sp³-hybridized carbons (Fsp3) is 0.545. The van der Waals surface area contributed by atoms with E-state index in [-0.39, 0.29) is 11.9 Å². The normalized spacial score (nSPS) is 22.9. The van der Waals surface area contributed by atoms with Gasteiger partial charge in [-0.3, -0.25) is 9.69 Å². The molecule has 1 amide bonds. The molecule has 5 heteroatoms. The summed E-state index contributed by atoms with van der Waals surface area (Å²) in [5.74, 6) is 1.65. The lowest BCUT2D eigenvalue weighted by molar-refractivity contribution is 0.0584. The third-order valence-electron chi connectivity index (χ3n) is 6.24. The van der Waals surface area contributed by atoms with Crippen LogP contribution in [0.3, 0.4) is 0 Å². The molecule has 3 aliphatic rings. The number of fused-ring (bicyclic) bond motifs is 4. The fourth-order valence-corrected chi connectivity index (χ4v) is 4.63. The number of aromatic nitrogens is 1. The van der Waals surface area contributed by atoms with Gasteiger partial charge in [-0.25, -0.2) is 0 Å². The van der Waals surface area contributed by atoms with Gasteiger partial charge in [0.05, 0.1) is 5.69 Å². The Morgan fingerprint density at radius 2 is 1.96 bits per heavy atom. The molecule has 0 aliphatic carbocycles. The van der Waals surface area contributed by atoms with Crippen molar-refractivity contribution in [1.29, 1.82) is 0 Å². The van der Waals surface area contributed by atoms with Gasteiger partial charge in [0.1, 0.15) is 5.76 Å². The molecule has 3 fully saturated rings. The molecule has 0 unspecified atom stereocenters. The van der Waals surface area contributed by atoms with Crippen molar-refractivity contribution >= 4 is 5.91 Å². The van der Waals surface area contributed by atoms with E-state index < -0.39 is 0 Å². The quantitative estimate of drug-likeness (QED) is 0.831. The largest absolute Gasteiger partial charge is 0.361 e. The molecular formula is C22H29N3O2. The summed E-state index contributed by atoms with van der Waals surface area (Å²) in [4.78, 5) is 18.0. The summed E-state index contributed by atoms with van der Waals surface area (Å²) in [6.45, 7) is 11.8. The van der Waals surface area contributed by atoms with Crippen LogP contribution in [0.5, 0.6) is 0 Å². The summed E-state index contributed by atoms with van der Waals surface area (Å²) in [5.41, 5.74) is 5.25. The van der Waals surface area contributed by atoms with E-state index in [1.165, 1.54) is 12.0 Å². The van der Waals surface area contributed by atoms with Crippen LogP contribution in [0.1, 0.15) is 51.3 Å². The predicted molar refractivity (Wildman–Crippen MR) is 105 cm³/mol. The second kappa shape index (κ2) is 7.12. The van der Waals surface area contributed by atoms with Crippen LogP contribution in [0, 0.1) is 33.6 Å². The summed E-state index contributed by atoms with van der Waals surface area (Å²) >= 11 is 0. The summed E-state index contributed by atoms with van der Waals surface area (Å²) in [6, 6.07) is 6.46. The average Bonchev–Trinajstić information content (AvgIpc) is 2.83. The van der Waals surface area contributed by atoms with Gasteiger partial charge in [0.2, 0.25) is 0 Å². The van der Waals surface area contributed by atoms with E-state index in [1.807, 2.05) is 26.8 Å². The first-order valence-corrected chi connectivity index (χ1v) is 9.94. The Morgan fingerprint density at radius 1 is 1.15 bits per heavy atom. The van der Waals surface area contributed by atoms with E-state index in [4.69, 9.17) is 4.52 Å². The topological polar surface area (TPSA) is 49.6 Å². The zero-order valence-electron chi connectivity index (χ0n) is 16.8. The molecule has 0 N–H and O–H groups in total. The molecule has 5 rings (SSSR count). The minimum absolute atomic E-state index is 0.199. The number of benzene rings is 1. The third-order valence-corrected chi connectivity index (χ3v) is 6.24. The number of hydrogen-bond acceptors (Lipinski definition) is 4. The van der Waals surface area contributed by atoms with Gasteiger partial charge in [0.15, 0.2) is 0 Å². The molecule has 2 atom stereocenters. The van der Waals surface area contributed by atoms with Gasteiger partial charge in [-0.2, -0.15) is 0 Å². The Kier molecular flexibility index (Phi) is 4.81. The average molecular weight is 367 g/mol. The van der Waals surface area contributed by atoms with Crippen molar-refractivity contribution in [3.8, 4) is 0 Å². The Balaban J connectivity index is 1.54. The van der Waals surface area contributed by atoms with Gasteiger partial charge < -0.3 is 9.42 Å². The van der Waals surface area contributed by atoms with Crippen LogP contribution < -0.4 is 0 Å². The minimum atomic E-state index is 0.199. The maximum Gasteiger partial charge on any atom is 0.254 e. The number of hydrogen-bond donors (Lipinski definition) is 0. The summed E-state index contributed by atoms with van der Waals surface area (Å²) < 4.78 is 5.34. The van der Waals surface area contributed by atoms with E-state index in [0.29, 0.717) is 5.92 Å². The summed E-state index contributed by atoms with van der Waals surface area (Å²) in [6.07, 6.45) is 2.30.